The maximum absolute atomic E-state index is 12.4. The number of aryl methyl sites for hydroxylation is 1. The van der Waals surface area contributed by atoms with Crippen LogP contribution in [0.4, 0.5) is 5.82 Å². The number of hydrogen-bond acceptors (Lipinski definition) is 4. The Labute approximate surface area is 131 Å². The van der Waals surface area contributed by atoms with Crippen LogP contribution in [0, 0.1) is 6.92 Å². The molecule has 6 heteroatoms. The third kappa shape index (κ3) is 3.10. The first-order valence-electron chi connectivity index (χ1n) is 6.86. The molecule has 110 valence electrons. The SMILES string of the molecule is Cc1cc(N2CCN(C(=O)c3ccc(Br)cc3)CC2)no1. The number of amides is 1. The van der Waals surface area contributed by atoms with Crippen LogP contribution in [0.15, 0.2) is 39.3 Å². The van der Waals surface area contributed by atoms with E-state index in [-0.39, 0.29) is 5.91 Å². The number of anilines is 1. The van der Waals surface area contributed by atoms with Gasteiger partial charge in [0.15, 0.2) is 5.82 Å². The van der Waals surface area contributed by atoms with Crippen molar-refractivity contribution in [2.75, 3.05) is 31.1 Å². The Kier molecular flexibility index (Phi) is 3.96. The molecule has 1 aromatic carbocycles. The molecule has 3 rings (SSSR count). The van der Waals surface area contributed by atoms with Crippen LogP contribution in [-0.4, -0.2) is 42.1 Å². The second kappa shape index (κ2) is 5.89. The van der Waals surface area contributed by atoms with Gasteiger partial charge in [0.25, 0.3) is 5.91 Å². The van der Waals surface area contributed by atoms with E-state index in [1.165, 1.54) is 0 Å². The van der Waals surface area contributed by atoms with E-state index >= 15 is 0 Å². The molecule has 1 fully saturated rings. The van der Waals surface area contributed by atoms with E-state index in [9.17, 15) is 4.79 Å². The number of piperazine rings is 1. The molecule has 0 spiro atoms. The molecule has 2 heterocycles. The minimum atomic E-state index is 0.0819. The summed E-state index contributed by atoms with van der Waals surface area (Å²) in [4.78, 5) is 16.4. The number of benzene rings is 1. The highest BCUT2D eigenvalue weighted by Crippen LogP contribution is 2.18. The molecule has 1 aliphatic heterocycles. The molecule has 0 bridgehead atoms. The molecular formula is C15H16BrN3O2. The first kappa shape index (κ1) is 14.1. The van der Waals surface area contributed by atoms with E-state index in [0.717, 1.165) is 34.7 Å². The van der Waals surface area contributed by atoms with Crippen LogP contribution in [0.2, 0.25) is 0 Å². The van der Waals surface area contributed by atoms with Crippen LogP contribution in [0.25, 0.3) is 0 Å². The minimum absolute atomic E-state index is 0.0819. The molecule has 0 N–H and O–H groups in total. The summed E-state index contributed by atoms with van der Waals surface area (Å²) in [6, 6.07) is 9.40. The Morgan fingerprint density at radius 3 is 2.43 bits per heavy atom. The van der Waals surface area contributed by atoms with Crippen molar-refractivity contribution < 1.29 is 9.32 Å². The summed E-state index contributed by atoms with van der Waals surface area (Å²) in [6.45, 7) is 4.81. The summed E-state index contributed by atoms with van der Waals surface area (Å²) in [5.74, 6) is 1.74. The third-order valence-corrected chi connectivity index (χ3v) is 4.13. The summed E-state index contributed by atoms with van der Waals surface area (Å²) in [5.41, 5.74) is 0.726. The monoisotopic (exact) mass is 349 g/mol. The van der Waals surface area contributed by atoms with Gasteiger partial charge < -0.3 is 14.3 Å². The first-order chi connectivity index (χ1) is 10.1. The van der Waals surface area contributed by atoms with Crippen LogP contribution in [0.1, 0.15) is 16.1 Å². The molecule has 21 heavy (non-hydrogen) atoms. The second-order valence-corrected chi connectivity index (χ2v) is 6.00. The van der Waals surface area contributed by atoms with E-state index in [1.807, 2.05) is 42.2 Å². The molecule has 2 aromatic rings. The summed E-state index contributed by atoms with van der Waals surface area (Å²) in [5, 5.41) is 4.02. The van der Waals surface area contributed by atoms with Gasteiger partial charge in [-0.1, -0.05) is 21.1 Å². The molecule has 0 saturated carbocycles. The standard InChI is InChI=1S/C15H16BrN3O2/c1-11-10-14(17-21-11)18-6-8-19(9-7-18)15(20)12-2-4-13(16)5-3-12/h2-5,10H,6-9H2,1H3. The Morgan fingerprint density at radius 2 is 1.86 bits per heavy atom. The van der Waals surface area contributed by atoms with Gasteiger partial charge in [-0.05, 0) is 31.2 Å². The van der Waals surface area contributed by atoms with Crippen molar-refractivity contribution in [1.82, 2.24) is 10.1 Å². The van der Waals surface area contributed by atoms with Gasteiger partial charge in [0.1, 0.15) is 5.76 Å². The van der Waals surface area contributed by atoms with Crippen LogP contribution >= 0.6 is 15.9 Å². The topological polar surface area (TPSA) is 49.6 Å². The average molecular weight is 350 g/mol. The molecular weight excluding hydrogens is 334 g/mol. The van der Waals surface area contributed by atoms with Crippen molar-refractivity contribution >= 4 is 27.7 Å². The van der Waals surface area contributed by atoms with Crippen LogP contribution in [0.3, 0.4) is 0 Å². The Bertz CT molecular complexity index is 631. The average Bonchev–Trinajstić information content (AvgIpc) is 2.94. The molecule has 0 unspecified atom stereocenters. The molecule has 0 radical (unpaired) electrons. The Hall–Kier alpha value is -1.82. The first-order valence-corrected chi connectivity index (χ1v) is 7.66. The number of halogens is 1. The highest BCUT2D eigenvalue weighted by molar-refractivity contribution is 9.10. The van der Waals surface area contributed by atoms with Crippen LogP contribution in [0.5, 0.6) is 0 Å². The summed E-state index contributed by atoms with van der Waals surface area (Å²) < 4.78 is 6.07. The number of carbonyl (C=O) groups excluding carboxylic acids is 1. The lowest BCUT2D eigenvalue weighted by Gasteiger charge is -2.34. The highest BCUT2D eigenvalue weighted by Gasteiger charge is 2.23. The normalized spacial score (nSPS) is 15.3. The van der Waals surface area contributed by atoms with Gasteiger partial charge in [-0.25, -0.2) is 0 Å². The maximum Gasteiger partial charge on any atom is 0.253 e. The zero-order chi connectivity index (χ0) is 14.8. The van der Waals surface area contributed by atoms with Gasteiger partial charge in [-0.2, -0.15) is 0 Å². The largest absolute Gasteiger partial charge is 0.360 e. The second-order valence-electron chi connectivity index (χ2n) is 5.08. The Morgan fingerprint density at radius 1 is 1.19 bits per heavy atom. The predicted octanol–water partition coefficient (Wildman–Crippen LogP) is 2.71. The molecule has 1 saturated heterocycles. The van der Waals surface area contributed by atoms with E-state index < -0.39 is 0 Å². The van der Waals surface area contributed by atoms with Crippen molar-refractivity contribution in [3.63, 3.8) is 0 Å². The van der Waals surface area contributed by atoms with Gasteiger partial charge >= 0.3 is 0 Å². The van der Waals surface area contributed by atoms with E-state index in [2.05, 4.69) is 26.0 Å². The lowest BCUT2D eigenvalue weighted by atomic mass is 10.2. The van der Waals surface area contributed by atoms with Gasteiger partial charge in [-0.15, -0.1) is 0 Å². The van der Waals surface area contributed by atoms with E-state index in [4.69, 9.17) is 4.52 Å². The van der Waals surface area contributed by atoms with Crippen molar-refractivity contribution in [3.8, 4) is 0 Å². The van der Waals surface area contributed by atoms with Crippen molar-refractivity contribution in [3.05, 3.63) is 46.1 Å². The smallest absolute Gasteiger partial charge is 0.253 e. The fourth-order valence-electron chi connectivity index (χ4n) is 2.42. The molecule has 1 aromatic heterocycles. The molecule has 1 aliphatic rings. The zero-order valence-corrected chi connectivity index (χ0v) is 13.3. The van der Waals surface area contributed by atoms with Crippen LogP contribution < -0.4 is 4.90 Å². The fourth-order valence-corrected chi connectivity index (χ4v) is 2.68. The molecule has 0 aliphatic carbocycles. The van der Waals surface area contributed by atoms with Gasteiger partial charge in [-0.3, -0.25) is 4.79 Å². The summed E-state index contributed by atoms with van der Waals surface area (Å²) >= 11 is 3.38. The van der Waals surface area contributed by atoms with Gasteiger partial charge in [0.2, 0.25) is 0 Å². The quantitative estimate of drug-likeness (QED) is 0.836. The number of nitrogens with zero attached hydrogens (tertiary/aromatic N) is 3. The zero-order valence-electron chi connectivity index (χ0n) is 11.8. The lowest BCUT2D eigenvalue weighted by molar-refractivity contribution is 0.0746. The summed E-state index contributed by atoms with van der Waals surface area (Å²) in [7, 11) is 0. The van der Waals surface area contributed by atoms with E-state index in [1.54, 1.807) is 0 Å². The number of rotatable bonds is 2. The third-order valence-electron chi connectivity index (χ3n) is 3.60. The number of carbonyl (C=O) groups is 1. The van der Waals surface area contributed by atoms with Crippen molar-refractivity contribution in [2.45, 2.75) is 6.92 Å². The minimum Gasteiger partial charge on any atom is -0.360 e. The highest BCUT2D eigenvalue weighted by atomic mass is 79.9. The van der Waals surface area contributed by atoms with Gasteiger partial charge in [0.05, 0.1) is 0 Å². The van der Waals surface area contributed by atoms with Crippen molar-refractivity contribution in [1.29, 1.82) is 0 Å². The van der Waals surface area contributed by atoms with Crippen molar-refractivity contribution in [2.24, 2.45) is 0 Å². The van der Waals surface area contributed by atoms with Crippen LogP contribution in [-0.2, 0) is 0 Å². The molecule has 0 atom stereocenters. The predicted molar refractivity (Wildman–Crippen MR) is 83.5 cm³/mol. The number of hydrogen-bond donors (Lipinski definition) is 0. The molecule has 1 amide bonds. The Balaban J connectivity index is 1.63. The fraction of sp³-hybridized carbons (Fsp3) is 0.333. The van der Waals surface area contributed by atoms with Gasteiger partial charge in [0, 0.05) is 42.3 Å². The lowest BCUT2D eigenvalue weighted by Crippen LogP contribution is -2.48. The van der Waals surface area contributed by atoms with E-state index in [0.29, 0.717) is 13.1 Å². The maximum atomic E-state index is 12.4. The number of aromatic nitrogens is 1. The molecule has 5 nitrogen and oxygen atoms in total. The summed E-state index contributed by atoms with van der Waals surface area (Å²) in [6.07, 6.45) is 0.